The molecule has 5 rings (SSSR count). The van der Waals surface area contributed by atoms with Crippen molar-refractivity contribution >= 4 is 44.9 Å². The first kappa shape index (κ1) is 26.9. The van der Waals surface area contributed by atoms with Gasteiger partial charge in [0.1, 0.15) is 10.8 Å². The Bertz CT molecular complexity index is 1560. The van der Waals surface area contributed by atoms with E-state index in [1.54, 1.807) is 11.3 Å². The van der Waals surface area contributed by atoms with Crippen LogP contribution in [0.3, 0.4) is 0 Å². The molecule has 0 bridgehead atoms. The quantitative estimate of drug-likeness (QED) is 0.134. The third-order valence-electron chi connectivity index (χ3n) is 6.20. The molecule has 0 radical (unpaired) electrons. The molecule has 200 valence electrons. The van der Waals surface area contributed by atoms with Crippen LogP contribution in [-0.2, 0) is 11.3 Å². The molecule has 5 aromatic rings. The number of rotatable bonds is 11. The number of amides is 1. The Hall–Kier alpha value is -3.69. The summed E-state index contributed by atoms with van der Waals surface area (Å²) in [5.74, 6) is 1.77. The number of anilines is 1. The van der Waals surface area contributed by atoms with Gasteiger partial charge in [0.05, 0.1) is 22.6 Å². The van der Waals surface area contributed by atoms with Crippen LogP contribution >= 0.6 is 23.1 Å². The van der Waals surface area contributed by atoms with Crippen molar-refractivity contribution < 1.29 is 9.53 Å². The minimum absolute atomic E-state index is 0.0935. The number of hydrogen-bond acceptors (Lipinski definition) is 7. The lowest BCUT2D eigenvalue weighted by atomic mass is 10.2. The Kier molecular flexibility index (Phi) is 8.58. The molecule has 9 heteroatoms. The molecule has 3 aromatic carbocycles. The van der Waals surface area contributed by atoms with E-state index in [-0.39, 0.29) is 11.7 Å². The lowest BCUT2D eigenvalue weighted by Gasteiger charge is -2.09. The summed E-state index contributed by atoms with van der Waals surface area (Å²) in [5.41, 5.74) is 4.98. The number of hydrogen-bond donors (Lipinski definition) is 1. The van der Waals surface area contributed by atoms with Crippen molar-refractivity contribution in [1.82, 2.24) is 19.7 Å². The fraction of sp³-hybridized carbons (Fsp3) is 0.267. The number of fused-ring (bicyclic) bond motifs is 1. The molecular weight excluding hydrogens is 526 g/mol. The average molecular weight is 558 g/mol. The molecule has 0 aliphatic heterocycles. The highest BCUT2D eigenvalue weighted by Gasteiger charge is 2.15. The second-order valence-corrected chi connectivity index (χ2v) is 11.2. The lowest BCUT2D eigenvalue weighted by molar-refractivity contribution is -0.113. The fourth-order valence-electron chi connectivity index (χ4n) is 4.11. The number of nitrogens with one attached hydrogen (secondary N) is 1. The van der Waals surface area contributed by atoms with Crippen molar-refractivity contribution in [1.29, 1.82) is 0 Å². The van der Waals surface area contributed by atoms with Crippen LogP contribution in [0.1, 0.15) is 32.3 Å². The Morgan fingerprint density at radius 2 is 1.77 bits per heavy atom. The molecule has 0 aliphatic carbocycles. The smallest absolute Gasteiger partial charge is 0.234 e. The third kappa shape index (κ3) is 6.49. The Morgan fingerprint density at radius 3 is 2.51 bits per heavy atom. The number of carbonyl (C=O) groups is 1. The van der Waals surface area contributed by atoms with Gasteiger partial charge >= 0.3 is 0 Å². The zero-order valence-electron chi connectivity index (χ0n) is 22.3. The number of benzene rings is 3. The van der Waals surface area contributed by atoms with Gasteiger partial charge in [-0.2, -0.15) is 0 Å². The van der Waals surface area contributed by atoms with Gasteiger partial charge in [-0.3, -0.25) is 4.79 Å². The molecular formula is C30H31N5O2S2. The summed E-state index contributed by atoms with van der Waals surface area (Å²) >= 11 is 3.05. The van der Waals surface area contributed by atoms with E-state index >= 15 is 0 Å². The number of aryl methyl sites for hydroxylation is 1. The summed E-state index contributed by atoms with van der Waals surface area (Å²) in [6.07, 6.45) is 2.14. The first-order valence-corrected chi connectivity index (χ1v) is 14.9. The molecule has 0 fully saturated rings. The second kappa shape index (κ2) is 12.4. The van der Waals surface area contributed by atoms with Gasteiger partial charge in [-0.05, 0) is 86.5 Å². The molecule has 0 saturated heterocycles. The van der Waals surface area contributed by atoms with Crippen LogP contribution in [0.2, 0.25) is 0 Å². The Labute approximate surface area is 236 Å². The largest absolute Gasteiger partial charge is 0.494 e. The van der Waals surface area contributed by atoms with Gasteiger partial charge in [0, 0.05) is 23.4 Å². The monoisotopic (exact) mass is 557 g/mol. The number of nitrogens with zero attached hydrogens (tertiary/aromatic N) is 4. The second-order valence-electron chi connectivity index (χ2n) is 9.18. The van der Waals surface area contributed by atoms with Crippen LogP contribution in [0.5, 0.6) is 5.75 Å². The van der Waals surface area contributed by atoms with Gasteiger partial charge in [-0.1, -0.05) is 31.2 Å². The summed E-state index contributed by atoms with van der Waals surface area (Å²) in [7, 11) is 0. The van der Waals surface area contributed by atoms with E-state index in [9.17, 15) is 4.79 Å². The molecule has 0 atom stereocenters. The van der Waals surface area contributed by atoms with Crippen molar-refractivity contribution in [2.24, 2.45) is 0 Å². The standard InChI is InChI=1S/C30H31N5O2S2/c1-4-6-17-37-24-14-10-21(11-15-24)28-33-34-30(35(28)5-2)38-19-27(36)31-23-12-8-22(9-13-23)29-32-25-16-7-20(3)18-26(25)39-29/h7-16,18H,4-6,17,19H2,1-3H3,(H,31,36). The molecule has 1 amide bonds. The van der Waals surface area contributed by atoms with Gasteiger partial charge in [-0.25, -0.2) is 4.98 Å². The highest BCUT2D eigenvalue weighted by Crippen LogP contribution is 2.31. The minimum Gasteiger partial charge on any atom is -0.494 e. The van der Waals surface area contributed by atoms with Gasteiger partial charge in [0.25, 0.3) is 0 Å². The fourth-order valence-corrected chi connectivity index (χ4v) is 5.98. The van der Waals surface area contributed by atoms with E-state index in [1.807, 2.05) is 60.0 Å². The zero-order chi connectivity index (χ0) is 27.2. The number of thioether (sulfide) groups is 1. The zero-order valence-corrected chi connectivity index (χ0v) is 23.9. The maximum atomic E-state index is 12.7. The lowest BCUT2D eigenvalue weighted by Crippen LogP contribution is -2.14. The summed E-state index contributed by atoms with van der Waals surface area (Å²) in [6, 6.07) is 22.0. The molecule has 2 heterocycles. The summed E-state index contributed by atoms with van der Waals surface area (Å²) in [6.45, 7) is 7.70. The van der Waals surface area contributed by atoms with Gasteiger partial charge in [0.2, 0.25) is 5.91 Å². The molecule has 0 aliphatic rings. The molecule has 39 heavy (non-hydrogen) atoms. The average Bonchev–Trinajstić information content (AvgIpc) is 3.56. The van der Waals surface area contributed by atoms with E-state index in [2.05, 4.69) is 47.6 Å². The first-order chi connectivity index (χ1) is 19.0. The third-order valence-corrected chi connectivity index (χ3v) is 8.24. The van der Waals surface area contributed by atoms with E-state index in [0.717, 1.165) is 58.4 Å². The maximum Gasteiger partial charge on any atom is 0.234 e. The SMILES string of the molecule is CCCCOc1ccc(-c2nnc(SCC(=O)Nc3ccc(-c4nc5ccc(C)cc5s4)cc3)n2CC)cc1. The maximum absolute atomic E-state index is 12.7. The van der Waals surface area contributed by atoms with Crippen LogP contribution in [0, 0.1) is 6.92 Å². The van der Waals surface area contributed by atoms with Crippen LogP contribution in [-0.4, -0.2) is 38.0 Å². The highest BCUT2D eigenvalue weighted by atomic mass is 32.2. The first-order valence-electron chi connectivity index (χ1n) is 13.1. The summed E-state index contributed by atoms with van der Waals surface area (Å²) in [5, 5.41) is 13.4. The number of aromatic nitrogens is 4. The number of thiazole rings is 1. The summed E-state index contributed by atoms with van der Waals surface area (Å²) in [4.78, 5) is 17.4. The minimum atomic E-state index is -0.0935. The number of carbonyl (C=O) groups excluding carboxylic acids is 1. The summed E-state index contributed by atoms with van der Waals surface area (Å²) < 4.78 is 8.97. The number of unbranched alkanes of at least 4 members (excludes halogenated alkanes) is 1. The van der Waals surface area contributed by atoms with Crippen molar-refractivity contribution in [3.05, 3.63) is 72.3 Å². The van der Waals surface area contributed by atoms with E-state index < -0.39 is 0 Å². The Balaban J connectivity index is 1.18. The van der Waals surface area contributed by atoms with Crippen molar-refractivity contribution in [2.75, 3.05) is 17.7 Å². The van der Waals surface area contributed by atoms with Crippen LogP contribution in [0.4, 0.5) is 5.69 Å². The molecule has 1 N–H and O–H groups in total. The van der Waals surface area contributed by atoms with Gasteiger partial charge < -0.3 is 14.6 Å². The van der Waals surface area contributed by atoms with Gasteiger partial charge in [0.15, 0.2) is 11.0 Å². The molecule has 0 saturated carbocycles. The van der Waals surface area contributed by atoms with Crippen LogP contribution in [0.15, 0.2) is 71.9 Å². The Morgan fingerprint density at radius 1 is 1.00 bits per heavy atom. The predicted molar refractivity (Wildman–Crippen MR) is 161 cm³/mol. The molecule has 0 unspecified atom stereocenters. The van der Waals surface area contributed by atoms with E-state index in [1.165, 1.54) is 22.0 Å². The van der Waals surface area contributed by atoms with Crippen molar-refractivity contribution in [3.63, 3.8) is 0 Å². The van der Waals surface area contributed by atoms with Crippen LogP contribution in [0.25, 0.3) is 32.2 Å². The van der Waals surface area contributed by atoms with Crippen molar-refractivity contribution in [2.45, 2.75) is 45.3 Å². The van der Waals surface area contributed by atoms with E-state index in [4.69, 9.17) is 9.72 Å². The van der Waals surface area contributed by atoms with Gasteiger partial charge in [-0.15, -0.1) is 21.5 Å². The highest BCUT2D eigenvalue weighted by molar-refractivity contribution is 7.99. The van der Waals surface area contributed by atoms with Crippen LogP contribution < -0.4 is 10.1 Å². The topological polar surface area (TPSA) is 81.9 Å². The normalized spacial score (nSPS) is 11.2. The molecule has 7 nitrogen and oxygen atoms in total. The van der Waals surface area contributed by atoms with Crippen molar-refractivity contribution in [3.8, 4) is 27.7 Å². The molecule has 0 spiro atoms. The predicted octanol–water partition coefficient (Wildman–Crippen LogP) is 7.46. The molecule has 2 aromatic heterocycles. The number of ether oxygens (including phenoxy) is 1. The van der Waals surface area contributed by atoms with E-state index in [0.29, 0.717) is 11.7 Å².